The number of nitro groups is 1. The maximum absolute atomic E-state index is 12.6. The van der Waals surface area contributed by atoms with Crippen LogP contribution < -0.4 is 10.2 Å². The van der Waals surface area contributed by atoms with Gasteiger partial charge in [0.25, 0.3) is 11.6 Å². The maximum Gasteiger partial charge on any atom is 0.284 e. The minimum atomic E-state index is -0.523. The van der Waals surface area contributed by atoms with Crippen LogP contribution in [-0.2, 0) is 11.8 Å². The average molecular weight is 441 g/mol. The molecule has 1 saturated heterocycles. The third-order valence-corrected chi connectivity index (χ3v) is 5.77. The zero-order valence-electron chi connectivity index (χ0n) is 16.6. The molecule has 0 aliphatic carbocycles. The number of benzene rings is 1. The Morgan fingerprint density at radius 2 is 2.06 bits per heavy atom. The van der Waals surface area contributed by atoms with E-state index in [0.717, 1.165) is 30.5 Å². The molecule has 0 spiro atoms. The van der Waals surface area contributed by atoms with Crippen LogP contribution in [0.1, 0.15) is 10.4 Å². The number of amides is 1. The first-order chi connectivity index (χ1) is 15.0. The van der Waals surface area contributed by atoms with Crippen LogP contribution in [0.25, 0.3) is 0 Å². The topological polar surface area (TPSA) is 128 Å². The lowest BCUT2D eigenvalue weighted by Gasteiger charge is -2.28. The molecule has 0 atom stereocenters. The Kier molecular flexibility index (Phi) is 6.09. The van der Waals surface area contributed by atoms with Crippen LogP contribution in [-0.4, -0.2) is 56.9 Å². The molecule has 1 aromatic carbocycles. The fourth-order valence-corrected chi connectivity index (χ4v) is 3.86. The molecule has 12 heteroatoms. The number of nitro benzene ring substituents is 1. The third kappa shape index (κ3) is 4.81. The number of rotatable bonds is 6. The quantitative estimate of drug-likeness (QED) is 0.453. The Balaban J connectivity index is 1.48. The van der Waals surface area contributed by atoms with Gasteiger partial charge < -0.3 is 19.5 Å². The highest BCUT2D eigenvalue weighted by Crippen LogP contribution is 2.34. The van der Waals surface area contributed by atoms with Crippen molar-refractivity contribution in [3.8, 4) is 0 Å². The van der Waals surface area contributed by atoms with E-state index in [1.807, 2.05) is 6.07 Å². The second-order valence-electron chi connectivity index (χ2n) is 6.72. The summed E-state index contributed by atoms with van der Waals surface area (Å²) in [6, 6.07) is 7.88. The largest absolute Gasteiger partial charge is 0.378 e. The van der Waals surface area contributed by atoms with Crippen molar-refractivity contribution in [3.63, 3.8) is 0 Å². The van der Waals surface area contributed by atoms with E-state index in [1.165, 1.54) is 24.5 Å². The summed E-state index contributed by atoms with van der Waals surface area (Å²) in [6.45, 7) is 2.91. The number of carbonyl (C=O) groups excluding carboxylic acids is 1. The second kappa shape index (κ2) is 9.10. The molecule has 160 valence electrons. The zero-order valence-corrected chi connectivity index (χ0v) is 17.4. The molecule has 2 aromatic heterocycles. The minimum Gasteiger partial charge on any atom is -0.378 e. The van der Waals surface area contributed by atoms with Gasteiger partial charge in [0.1, 0.15) is 12.1 Å². The van der Waals surface area contributed by atoms with E-state index in [-0.39, 0.29) is 11.3 Å². The molecule has 0 saturated carbocycles. The highest BCUT2D eigenvalue weighted by Gasteiger charge is 2.20. The first kappa shape index (κ1) is 20.8. The summed E-state index contributed by atoms with van der Waals surface area (Å²) in [7, 11) is 1.74. The highest BCUT2D eigenvalue weighted by atomic mass is 32.2. The van der Waals surface area contributed by atoms with E-state index in [9.17, 15) is 14.9 Å². The van der Waals surface area contributed by atoms with Crippen molar-refractivity contribution in [2.24, 2.45) is 7.05 Å². The monoisotopic (exact) mass is 441 g/mol. The fraction of sp³-hybridized carbons (Fsp3) is 0.263. The lowest BCUT2D eigenvalue weighted by atomic mass is 10.2. The van der Waals surface area contributed by atoms with E-state index in [0.29, 0.717) is 29.1 Å². The van der Waals surface area contributed by atoms with Crippen LogP contribution in [0.4, 0.5) is 17.2 Å². The van der Waals surface area contributed by atoms with E-state index in [2.05, 4.69) is 25.4 Å². The number of pyridine rings is 1. The smallest absolute Gasteiger partial charge is 0.284 e. The van der Waals surface area contributed by atoms with Crippen molar-refractivity contribution in [2.45, 2.75) is 10.1 Å². The van der Waals surface area contributed by atoms with E-state index in [1.54, 1.807) is 23.9 Å². The van der Waals surface area contributed by atoms with Crippen molar-refractivity contribution in [3.05, 3.63) is 58.5 Å². The molecule has 0 radical (unpaired) electrons. The Morgan fingerprint density at radius 3 is 2.71 bits per heavy atom. The maximum atomic E-state index is 12.6. The van der Waals surface area contributed by atoms with Gasteiger partial charge in [-0.15, -0.1) is 10.2 Å². The molecule has 4 rings (SSSR count). The van der Waals surface area contributed by atoms with Gasteiger partial charge in [0.2, 0.25) is 0 Å². The van der Waals surface area contributed by atoms with Gasteiger partial charge in [-0.05, 0) is 36.0 Å². The van der Waals surface area contributed by atoms with Crippen LogP contribution >= 0.6 is 11.8 Å². The van der Waals surface area contributed by atoms with Crippen LogP contribution in [0, 0.1) is 10.1 Å². The molecule has 1 fully saturated rings. The molecule has 1 aliphatic rings. The van der Waals surface area contributed by atoms with Gasteiger partial charge in [-0.3, -0.25) is 14.9 Å². The highest BCUT2D eigenvalue weighted by molar-refractivity contribution is 7.99. The molecule has 1 aliphatic heterocycles. The molecule has 0 unspecified atom stereocenters. The number of aryl methyl sites for hydroxylation is 1. The average Bonchev–Trinajstić information content (AvgIpc) is 3.19. The molecule has 0 bridgehead atoms. The first-order valence-corrected chi connectivity index (χ1v) is 10.2. The number of hydrogen-bond donors (Lipinski definition) is 1. The lowest BCUT2D eigenvalue weighted by molar-refractivity contribution is -0.387. The Labute approximate surface area is 181 Å². The molecule has 3 heterocycles. The Bertz CT molecular complexity index is 1100. The van der Waals surface area contributed by atoms with E-state index < -0.39 is 10.8 Å². The molecule has 11 nitrogen and oxygen atoms in total. The lowest BCUT2D eigenvalue weighted by Crippen LogP contribution is -2.36. The molecule has 31 heavy (non-hydrogen) atoms. The second-order valence-corrected chi connectivity index (χ2v) is 7.73. The van der Waals surface area contributed by atoms with Crippen molar-refractivity contribution < 1.29 is 14.5 Å². The molecular weight excluding hydrogens is 422 g/mol. The molecule has 1 amide bonds. The number of nitrogens with one attached hydrogen (secondary N) is 1. The van der Waals surface area contributed by atoms with Gasteiger partial charge in [-0.2, -0.15) is 0 Å². The summed E-state index contributed by atoms with van der Waals surface area (Å²) in [5.41, 5.74) is 0.923. The number of hydrogen-bond acceptors (Lipinski definition) is 9. The summed E-state index contributed by atoms with van der Waals surface area (Å²) < 4.78 is 6.99. The predicted molar refractivity (Wildman–Crippen MR) is 113 cm³/mol. The number of nitrogens with zero attached hydrogens (tertiary/aromatic N) is 6. The summed E-state index contributed by atoms with van der Waals surface area (Å²) in [5.74, 6) is -0.118. The van der Waals surface area contributed by atoms with Gasteiger partial charge in [-0.25, -0.2) is 4.98 Å². The number of carbonyl (C=O) groups is 1. The van der Waals surface area contributed by atoms with Crippen molar-refractivity contribution in [2.75, 3.05) is 36.5 Å². The zero-order chi connectivity index (χ0) is 21.8. The summed E-state index contributed by atoms with van der Waals surface area (Å²) >= 11 is 1.11. The van der Waals surface area contributed by atoms with Crippen LogP contribution in [0.2, 0.25) is 0 Å². The van der Waals surface area contributed by atoms with Gasteiger partial charge in [0.05, 0.1) is 34.9 Å². The predicted octanol–water partition coefficient (Wildman–Crippen LogP) is 2.36. The number of aromatic nitrogens is 4. The summed E-state index contributed by atoms with van der Waals surface area (Å²) in [4.78, 5) is 30.5. The molecule has 1 N–H and O–H groups in total. The normalized spacial score (nSPS) is 13.8. The van der Waals surface area contributed by atoms with Gasteiger partial charge in [0, 0.05) is 31.8 Å². The van der Waals surface area contributed by atoms with Crippen LogP contribution in [0.3, 0.4) is 0 Å². The van der Waals surface area contributed by atoms with Gasteiger partial charge in [0.15, 0.2) is 5.16 Å². The molecular formula is C19H19N7O4S. The van der Waals surface area contributed by atoms with Crippen molar-refractivity contribution in [1.82, 2.24) is 19.7 Å². The Hall–Kier alpha value is -3.51. The van der Waals surface area contributed by atoms with Crippen molar-refractivity contribution >= 4 is 34.9 Å². The van der Waals surface area contributed by atoms with E-state index in [4.69, 9.17) is 4.74 Å². The fourth-order valence-electron chi connectivity index (χ4n) is 3.01. The number of anilines is 2. The molecule has 3 aromatic rings. The van der Waals surface area contributed by atoms with E-state index >= 15 is 0 Å². The minimum absolute atomic E-state index is 0.160. The first-order valence-electron chi connectivity index (χ1n) is 9.41. The third-order valence-electron chi connectivity index (χ3n) is 4.65. The van der Waals surface area contributed by atoms with Crippen LogP contribution in [0.15, 0.2) is 52.9 Å². The SMILES string of the molecule is Cn1cnnc1Sc1ccc(C(=O)Nc2ccc(N3CCOCC3)cn2)cc1[N+](=O)[O-]. The Morgan fingerprint density at radius 1 is 1.26 bits per heavy atom. The summed E-state index contributed by atoms with van der Waals surface area (Å²) in [6.07, 6.45) is 3.19. The van der Waals surface area contributed by atoms with Crippen LogP contribution in [0.5, 0.6) is 0 Å². The van der Waals surface area contributed by atoms with Crippen molar-refractivity contribution in [1.29, 1.82) is 0 Å². The van der Waals surface area contributed by atoms with Gasteiger partial charge >= 0.3 is 0 Å². The summed E-state index contributed by atoms with van der Waals surface area (Å²) in [5, 5.41) is 22.4. The standard InChI is InChI=1S/C19H19N7O4S/c1-24-12-21-23-19(24)31-16-4-2-13(10-15(16)26(28)29)18(27)22-17-5-3-14(11-20-17)25-6-8-30-9-7-25/h2-5,10-12H,6-9H2,1H3,(H,20,22,27). The number of ether oxygens (including phenoxy) is 1. The van der Waals surface area contributed by atoms with Gasteiger partial charge in [-0.1, -0.05) is 0 Å². The number of morpholine rings is 1.